The summed E-state index contributed by atoms with van der Waals surface area (Å²) in [6.07, 6.45) is 1.05. The minimum atomic E-state index is 0.145. The summed E-state index contributed by atoms with van der Waals surface area (Å²) in [7, 11) is 0. The number of aromatic nitrogens is 3. The number of nitrogens with zero attached hydrogens (tertiary/aromatic N) is 3. The lowest BCUT2D eigenvalue weighted by molar-refractivity contribution is 0.312. The van der Waals surface area contributed by atoms with Gasteiger partial charge in [-0.15, -0.1) is 0 Å². The van der Waals surface area contributed by atoms with E-state index in [0.717, 1.165) is 17.9 Å². The highest BCUT2D eigenvalue weighted by atomic mass is 35.5. The van der Waals surface area contributed by atoms with Crippen molar-refractivity contribution in [1.82, 2.24) is 15.0 Å². The van der Waals surface area contributed by atoms with Crippen LogP contribution in [-0.2, 0) is 0 Å². The maximum atomic E-state index is 5.81. The Labute approximate surface area is 117 Å². The fourth-order valence-electron chi connectivity index (χ4n) is 1.29. The third-order valence-electron chi connectivity index (χ3n) is 2.14. The molecule has 1 unspecified atom stereocenters. The zero-order valence-corrected chi connectivity index (χ0v) is 12.5. The van der Waals surface area contributed by atoms with Crippen molar-refractivity contribution < 1.29 is 4.74 Å². The summed E-state index contributed by atoms with van der Waals surface area (Å²) >= 11 is 7.73. The lowest BCUT2D eigenvalue weighted by atomic mass is 10.3. The van der Waals surface area contributed by atoms with Crippen LogP contribution in [0.3, 0.4) is 0 Å². The van der Waals surface area contributed by atoms with Crippen LogP contribution < -0.4 is 10.1 Å². The van der Waals surface area contributed by atoms with Gasteiger partial charge in [-0.2, -0.15) is 26.7 Å². The quantitative estimate of drug-likeness (QED) is 0.743. The highest BCUT2D eigenvalue weighted by Gasteiger charge is 2.08. The first-order chi connectivity index (χ1) is 8.65. The molecule has 0 bridgehead atoms. The molecule has 1 aromatic heterocycles. The lowest BCUT2D eigenvalue weighted by Gasteiger charge is -2.13. The third-order valence-corrected chi connectivity index (χ3v) is 3.24. The molecular weight excluding hydrogens is 272 g/mol. The Hall–Kier alpha value is -0.750. The van der Waals surface area contributed by atoms with Gasteiger partial charge >= 0.3 is 6.01 Å². The molecule has 0 aliphatic heterocycles. The minimum absolute atomic E-state index is 0.145. The van der Waals surface area contributed by atoms with Crippen molar-refractivity contribution in [2.45, 2.75) is 33.2 Å². The Morgan fingerprint density at radius 1 is 1.33 bits per heavy atom. The average molecular weight is 291 g/mol. The van der Waals surface area contributed by atoms with Crippen molar-refractivity contribution in [3.05, 3.63) is 5.28 Å². The van der Waals surface area contributed by atoms with Gasteiger partial charge in [0.1, 0.15) is 0 Å². The number of nitrogens with one attached hydrogen (secondary N) is 1. The number of rotatable bonds is 8. The van der Waals surface area contributed by atoms with Crippen LogP contribution in [0.25, 0.3) is 0 Å². The molecule has 0 aromatic carbocycles. The topological polar surface area (TPSA) is 59.9 Å². The molecule has 1 heterocycles. The van der Waals surface area contributed by atoms with E-state index in [1.54, 1.807) is 0 Å². The predicted molar refractivity (Wildman–Crippen MR) is 76.7 cm³/mol. The van der Waals surface area contributed by atoms with Gasteiger partial charge in [0.25, 0.3) is 0 Å². The first kappa shape index (κ1) is 15.3. The molecule has 0 radical (unpaired) electrons. The van der Waals surface area contributed by atoms with Gasteiger partial charge in [0, 0.05) is 6.04 Å². The van der Waals surface area contributed by atoms with Gasteiger partial charge in [-0.25, -0.2) is 0 Å². The molecule has 1 aromatic rings. The van der Waals surface area contributed by atoms with Crippen LogP contribution in [0.4, 0.5) is 5.95 Å². The van der Waals surface area contributed by atoms with E-state index in [2.05, 4.69) is 34.1 Å². The molecule has 1 N–H and O–H groups in total. The number of thioether (sulfide) groups is 1. The maximum Gasteiger partial charge on any atom is 0.322 e. The highest BCUT2D eigenvalue weighted by molar-refractivity contribution is 7.99. The Kier molecular flexibility index (Phi) is 7.12. The van der Waals surface area contributed by atoms with E-state index < -0.39 is 0 Å². The summed E-state index contributed by atoms with van der Waals surface area (Å²) in [5.74, 6) is 2.72. The Balaban J connectivity index is 2.54. The minimum Gasteiger partial charge on any atom is -0.464 e. The second-order valence-corrected chi connectivity index (χ2v) is 5.41. The number of hydrogen-bond acceptors (Lipinski definition) is 6. The van der Waals surface area contributed by atoms with Crippen molar-refractivity contribution >= 4 is 29.3 Å². The summed E-state index contributed by atoms with van der Waals surface area (Å²) in [5.41, 5.74) is 0. The van der Waals surface area contributed by atoms with Crippen molar-refractivity contribution in [2.24, 2.45) is 0 Å². The Bertz CT molecular complexity index is 367. The van der Waals surface area contributed by atoms with Crippen LogP contribution in [0.1, 0.15) is 27.2 Å². The molecule has 5 nitrogen and oxygen atoms in total. The predicted octanol–water partition coefficient (Wildman–Crippen LogP) is 2.87. The van der Waals surface area contributed by atoms with E-state index in [1.165, 1.54) is 0 Å². The summed E-state index contributed by atoms with van der Waals surface area (Å²) in [4.78, 5) is 12.1. The van der Waals surface area contributed by atoms with Gasteiger partial charge < -0.3 is 10.1 Å². The third kappa shape index (κ3) is 5.73. The zero-order valence-electron chi connectivity index (χ0n) is 10.9. The van der Waals surface area contributed by atoms with Crippen LogP contribution in [0.2, 0.25) is 5.28 Å². The lowest BCUT2D eigenvalue weighted by Crippen LogP contribution is -2.18. The molecule has 0 saturated heterocycles. The molecule has 1 atom stereocenters. The standard InChI is InChI=1S/C11H19ClN4OS/c1-4-17-11-15-9(12)14-10(16-11)13-8(3)6-7-18-5-2/h8H,4-7H2,1-3H3,(H,13,14,15,16). The summed E-state index contributed by atoms with van der Waals surface area (Å²) in [6, 6.07) is 0.548. The van der Waals surface area contributed by atoms with Crippen LogP contribution in [-0.4, -0.2) is 39.1 Å². The highest BCUT2D eigenvalue weighted by Crippen LogP contribution is 2.13. The molecule has 0 amide bonds. The number of ether oxygens (including phenoxy) is 1. The SMILES string of the molecule is CCOc1nc(Cl)nc(NC(C)CCSCC)n1. The first-order valence-corrected chi connectivity index (χ1v) is 7.57. The largest absolute Gasteiger partial charge is 0.464 e. The number of hydrogen-bond donors (Lipinski definition) is 1. The zero-order chi connectivity index (χ0) is 13.4. The van der Waals surface area contributed by atoms with Crippen molar-refractivity contribution in [2.75, 3.05) is 23.4 Å². The van der Waals surface area contributed by atoms with Crippen LogP contribution in [0.5, 0.6) is 6.01 Å². The summed E-state index contributed by atoms with van der Waals surface area (Å²) < 4.78 is 5.22. The van der Waals surface area contributed by atoms with Gasteiger partial charge in [0.2, 0.25) is 11.2 Å². The molecule has 0 fully saturated rings. The van der Waals surface area contributed by atoms with Gasteiger partial charge in [-0.3, -0.25) is 0 Å². The summed E-state index contributed by atoms with van der Waals surface area (Å²) in [5, 5.41) is 3.34. The van der Waals surface area contributed by atoms with Gasteiger partial charge in [0.05, 0.1) is 6.61 Å². The van der Waals surface area contributed by atoms with Gasteiger partial charge in [0.15, 0.2) is 0 Å². The van der Waals surface area contributed by atoms with Crippen LogP contribution in [0.15, 0.2) is 0 Å². The van der Waals surface area contributed by atoms with E-state index in [0.29, 0.717) is 12.6 Å². The van der Waals surface area contributed by atoms with Crippen LogP contribution >= 0.6 is 23.4 Å². The fraction of sp³-hybridized carbons (Fsp3) is 0.727. The first-order valence-electron chi connectivity index (χ1n) is 6.04. The van der Waals surface area contributed by atoms with Crippen molar-refractivity contribution in [1.29, 1.82) is 0 Å². The van der Waals surface area contributed by atoms with E-state index in [1.807, 2.05) is 18.7 Å². The molecule has 0 saturated carbocycles. The molecule has 0 aliphatic rings. The van der Waals surface area contributed by atoms with Crippen molar-refractivity contribution in [3.63, 3.8) is 0 Å². The summed E-state index contributed by atoms with van der Waals surface area (Å²) in [6.45, 7) is 6.62. The fourth-order valence-corrected chi connectivity index (χ4v) is 2.25. The second kappa shape index (κ2) is 8.37. The molecule has 102 valence electrons. The van der Waals surface area contributed by atoms with E-state index in [4.69, 9.17) is 16.3 Å². The second-order valence-electron chi connectivity index (χ2n) is 3.67. The monoisotopic (exact) mass is 290 g/mol. The average Bonchev–Trinajstić information content (AvgIpc) is 2.28. The molecule has 0 spiro atoms. The molecule has 1 rings (SSSR count). The Morgan fingerprint density at radius 2 is 2.11 bits per heavy atom. The molecule has 18 heavy (non-hydrogen) atoms. The van der Waals surface area contributed by atoms with Crippen molar-refractivity contribution in [3.8, 4) is 6.01 Å². The number of halogens is 1. The van der Waals surface area contributed by atoms with E-state index >= 15 is 0 Å². The molecule has 0 aliphatic carbocycles. The van der Waals surface area contributed by atoms with E-state index in [9.17, 15) is 0 Å². The maximum absolute atomic E-state index is 5.81. The van der Waals surface area contributed by atoms with Crippen LogP contribution in [0, 0.1) is 0 Å². The number of anilines is 1. The van der Waals surface area contributed by atoms with Gasteiger partial charge in [-0.1, -0.05) is 6.92 Å². The van der Waals surface area contributed by atoms with Gasteiger partial charge in [-0.05, 0) is 43.4 Å². The molecule has 7 heteroatoms. The Morgan fingerprint density at radius 3 is 2.78 bits per heavy atom. The normalized spacial score (nSPS) is 12.2. The molecular formula is C11H19ClN4OS. The smallest absolute Gasteiger partial charge is 0.322 e. The van der Waals surface area contributed by atoms with E-state index in [-0.39, 0.29) is 17.3 Å².